The Morgan fingerprint density at radius 1 is 1.00 bits per heavy atom. The van der Waals surface area contributed by atoms with E-state index in [2.05, 4.69) is 14.8 Å². The van der Waals surface area contributed by atoms with Crippen molar-refractivity contribution < 1.29 is 9.53 Å². The van der Waals surface area contributed by atoms with Gasteiger partial charge in [0.05, 0.1) is 5.69 Å². The summed E-state index contributed by atoms with van der Waals surface area (Å²) >= 11 is 0. The Morgan fingerprint density at radius 3 is 2.45 bits per heavy atom. The van der Waals surface area contributed by atoms with E-state index in [-0.39, 0.29) is 30.7 Å². The molecule has 4 rings (SSSR count). The lowest BCUT2D eigenvalue weighted by atomic mass is 10.1. The van der Waals surface area contributed by atoms with Crippen LogP contribution in [-0.2, 0) is 6.61 Å². The van der Waals surface area contributed by atoms with Crippen molar-refractivity contribution >= 4 is 30.7 Å². The molecule has 5 nitrogen and oxygen atoms in total. The molecule has 1 atom stereocenters. The average molecular weight is 438 g/mol. The molecule has 2 fully saturated rings. The van der Waals surface area contributed by atoms with Crippen LogP contribution >= 0.6 is 24.8 Å². The quantitative estimate of drug-likeness (QED) is 0.678. The van der Waals surface area contributed by atoms with Crippen molar-refractivity contribution in [1.82, 2.24) is 14.8 Å². The Labute approximate surface area is 185 Å². The highest BCUT2D eigenvalue weighted by Gasteiger charge is 2.31. The number of aromatic nitrogens is 1. The number of carbonyl (C=O) groups excluding carboxylic acids is 1. The lowest BCUT2D eigenvalue weighted by Crippen LogP contribution is -2.42. The van der Waals surface area contributed by atoms with Gasteiger partial charge < -0.3 is 14.5 Å². The smallest absolute Gasteiger partial charge is 0.254 e. The van der Waals surface area contributed by atoms with Crippen molar-refractivity contribution in [3.05, 3.63) is 59.9 Å². The van der Waals surface area contributed by atoms with E-state index in [4.69, 9.17) is 4.74 Å². The van der Waals surface area contributed by atoms with Gasteiger partial charge in [-0.3, -0.25) is 9.78 Å². The number of hydrogen-bond acceptors (Lipinski definition) is 4. The number of benzene rings is 1. The number of carbonyl (C=O) groups is 1. The summed E-state index contributed by atoms with van der Waals surface area (Å²) in [5, 5.41) is 0. The van der Waals surface area contributed by atoms with Crippen LogP contribution in [0.4, 0.5) is 0 Å². The molecule has 0 spiro atoms. The standard InChI is InChI=1S/C22H27N3O2.2ClH/c26-22(25-15-5-7-20(25)16-24-13-3-4-14-24)18-8-10-21(11-9-18)27-17-19-6-1-2-12-23-19;;/h1-2,6,8-12,20H,3-5,7,13-17H2;2*1H/t20-;;/m0../s1. The molecule has 2 aromatic rings. The van der Waals surface area contributed by atoms with Crippen molar-refractivity contribution in [3.8, 4) is 5.75 Å². The van der Waals surface area contributed by atoms with E-state index in [0.29, 0.717) is 12.6 Å². The lowest BCUT2D eigenvalue weighted by Gasteiger charge is -2.28. The summed E-state index contributed by atoms with van der Waals surface area (Å²) in [5.74, 6) is 0.903. The van der Waals surface area contributed by atoms with Gasteiger partial charge in [-0.25, -0.2) is 0 Å². The Bertz CT molecular complexity index is 752. The Balaban J connectivity index is 0.00000150. The third kappa shape index (κ3) is 6.08. The summed E-state index contributed by atoms with van der Waals surface area (Å²) in [4.78, 5) is 21.8. The van der Waals surface area contributed by atoms with Gasteiger partial charge in [0.25, 0.3) is 5.91 Å². The number of rotatable bonds is 6. The molecule has 7 heteroatoms. The SMILES string of the molecule is Cl.Cl.O=C(c1ccc(OCc2ccccn2)cc1)N1CCC[C@H]1CN1CCCC1. The largest absolute Gasteiger partial charge is 0.487 e. The number of halogens is 2. The fourth-order valence-electron chi connectivity index (χ4n) is 4.06. The molecule has 2 saturated heterocycles. The molecule has 1 aromatic carbocycles. The Hall–Kier alpha value is -1.82. The predicted octanol–water partition coefficient (Wildman–Crippen LogP) is 4.20. The van der Waals surface area contributed by atoms with E-state index < -0.39 is 0 Å². The van der Waals surface area contributed by atoms with E-state index in [1.54, 1.807) is 6.20 Å². The molecule has 1 aromatic heterocycles. The average Bonchev–Trinajstić information content (AvgIpc) is 3.40. The third-order valence-electron chi connectivity index (χ3n) is 5.52. The van der Waals surface area contributed by atoms with Crippen molar-refractivity contribution in [2.75, 3.05) is 26.2 Å². The maximum Gasteiger partial charge on any atom is 0.254 e. The van der Waals surface area contributed by atoms with Gasteiger partial charge in [0, 0.05) is 30.9 Å². The van der Waals surface area contributed by atoms with Gasteiger partial charge in [-0.15, -0.1) is 24.8 Å². The van der Waals surface area contributed by atoms with Gasteiger partial charge in [0.1, 0.15) is 12.4 Å². The van der Waals surface area contributed by atoms with Crippen molar-refractivity contribution in [2.24, 2.45) is 0 Å². The normalized spacial score (nSPS) is 18.8. The van der Waals surface area contributed by atoms with Crippen molar-refractivity contribution in [1.29, 1.82) is 0 Å². The van der Waals surface area contributed by atoms with Gasteiger partial charge in [-0.05, 0) is 75.2 Å². The molecule has 1 amide bonds. The van der Waals surface area contributed by atoms with E-state index in [0.717, 1.165) is 42.9 Å². The van der Waals surface area contributed by atoms with Gasteiger partial charge in [-0.1, -0.05) is 6.07 Å². The molecule has 0 unspecified atom stereocenters. The van der Waals surface area contributed by atoms with Crippen LogP contribution < -0.4 is 4.74 Å². The first-order valence-electron chi connectivity index (χ1n) is 9.96. The van der Waals surface area contributed by atoms with E-state index in [1.807, 2.05) is 42.5 Å². The van der Waals surface area contributed by atoms with Crippen LogP contribution in [0.3, 0.4) is 0 Å². The minimum absolute atomic E-state index is 0. The molecule has 0 saturated carbocycles. The van der Waals surface area contributed by atoms with Crippen molar-refractivity contribution in [3.63, 3.8) is 0 Å². The van der Waals surface area contributed by atoms with Crippen LogP contribution in [0.1, 0.15) is 41.7 Å². The predicted molar refractivity (Wildman–Crippen MR) is 119 cm³/mol. The monoisotopic (exact) mass is 437 g/mol. The van der Waals surface area contributed by atoms with Gasteiger partial charge in [0.2, 0.25) is 0 Å². The summed E-state index contributed by atoms with van der Waals surface area (Å²) in [7, 11) is 0. The van der Waals surface area contributed by atoms with Gasteiger partial charge in [0.15, 0.2) is 0 Å². The molecule has 0 radical (unpaired) electrons. The number of nitrogens with zero attached hydrogens (tertiary/aromatic N) is 3. The van der Waals surface area contributed by atoms with E-state index >= 15 is 0 Å². The highest BCUT2D eigenvalue weighted by molar-refractivity contribution is 5.94. The minimum atomic E-state index is 0. The number of hydrogen-bond donors (Lipinski definition) is 0. The van der Waals surface area contributed by atoms with Crippen LogP contribution in [0.25, 0.3) is 0 Å². The molecule has 2 aliphatic rings. The van der Waals surface area contributed by atoms with Crippen molar-refractivity contribution in [2.45, 2.75) is 38.3 Å². The second-order valence-corrected chi connectivity index (χ2v) is 7.44. The summed E-state index contributed by atoms with van der Waals surface area (Å²) in [6.07, 6.45) is 6.57. The lowest BCUT2D eigenvalue weighted by molar-refractivity contribution is 0.0708. The summed E-state index contributed by atoms with van der Waals surface area (Å²) in [6, 6.07) is 13.6. The number of likely N-dealkylation sites (tertiary alicyclic amines) is 2. The van der Waals surface area contributed by atoms with Crippen LogP contribution in [0, 0.1) is 0 Å². The highest BCUT2D eigenvalue weighted by Crippen LogP contribution is 2.23. The second-order valence-electron chi connectivity index (χ2n) is 7.44. The topological polar surface area (TPSA) is 45.7 Å². The fraction of sp³-hybridized carbons (Fsp3) is 0.455. The zero-order valence-electron chi connectivity index (χ0n) is 16.5. The summed E-state index contributed by atoms with van der Waals surface area (Å²) in [6.45, 7) is 4.69. The first-order chi connectivity index (χ1) is 13.3. The van der Waals surface area contributed by atoms with Crippen LogP contribution in [-0.4, -0.2) is 52.9 Å². The first-order valence-corrected chi connectivity index (χ1v) is 9.96. The second kappa shape index (κ2) is 11.4. The number of pyridine rings is 1. The molecule has 158 valence electrons. The molecule has 29 heavy (non-hydrogen) atoms. The molecule has 3 heterocycles. The van der Waals surface area contributed by atoms with Gasteiger partial charge in [-0.2, -0.15) is 0 Å². The van der Waals surface area contributed by atoms with Crippen LogP contribution in [0.15, 0.2) is 48.7 Å². The highest BCUT2D eigenvalue weighted by atomic mass is 35.5. The Morgan fingerprint density at radius 2 is 1.76 bits per heavy atom. The first kappa shape index (κ1) is 23.5. The number of amides is 1. The number of ether oxygens (including phenoxy) is 1. The summed E-state index contributed by atoms with van der Waals surface area (Å²) < 4.78 is 5.77. The van der Waals surface area contributed by atoms with Crippen LogP contribution in [0.2, 0.25) is 0 Å². The molecule has 2 aliphatic heterocycles. The van der Waals surface area contributed by atoms with E-state index in [9.17, 15) is 4.79 Å². The summed E-state index contributed by atoms with van der Waals surface area (Å²) in [5.41, 5.74) is 1.63. The molecule has 0 aliphatic carbocycles. The minimum Gasteiger partial charge on any atom is -0.487 e. The maximum atomic E-state index is 13.0. The molecular formula is C22H29Cl2N3O2. The zero-order chi connectivity index (χ0) is 18.5. The molecular weight excluding hydrogens is 409 g/mol. The van der Waals surface area contributed by atoms with E-state index in [1.165, 1.54) is 25.9 Å². The van der Waals surface area contributed by atoms with Crippen LogP contribution in [0.5, 0.6) is 5.75 Å². The fourth-order valence-corrected chi connectivity index (χ4v) is 4.06. The third-order valence-corrected chi connectivity index (χ3v) is 5.52. The Kier molecular flexibility index (Phi) is 9.21. The molecule has 0 bridgehead atoms. The molecule has 0 N–H and O–H groups in total. The van der Waals surface area contributed by atoms with Gasteiger partial charge >= 0.3 is 0 Å². The maximum absolute atomic E-state index is 13.0. The zero-order valence-corrected chi connectivity index (χ0v) is 18.2.